The van der Waals surface area contributed by atoms with Crippen LogP contribution in [0.25, 0.3) is 0 Å². The highest BCUT2D eigenvalue weighted by Gasteiger charge is 2.11. The highest BCUT2D eigenvalue weighted by molar-refractivity contribution is 6.02. The third kappa shape index (κ3) is 2.56. The van der Waals surface area contributed by atoms with Crippen LogP contribution >= 0.6 is 0 Å². The highest BCUT2D eigenvalue weighted by atomic mass is 16.5. The summed E-state index contributed by atoms with van der Waals surface area (Å²) >= 11 is 0. The largest absolute Gasteiger partial charge is 0.493 e. The molecule has 0 aliphatic carbocycles. The number of rotatable bonds is 2. The molecule has 0 radical (unpaired) electrons. The van der Waals surface area contributed by atoms with Crippen molar-refractivity contribution < 1.29 is 19.4 Å². The van der Waals surface area contributed by atoms with Crippen LogP contribution in [0.3, 0.4) is 0 Å². The minimum atomic E-state index is -1.43. The molecule has 0 aromatic carbocycles. The molecule has 1 aromatic rings. The average molecular weight is 211 g/mol. The maximum atomic E-state index is 11.2. The van der Waals surface area contributed by atoms with E-state index in [4.69, 9.17) is 15.6 Å². The molecule has 2 amide bonds. The van der Waals surface area contributed by atoms with Crippen molar-refractivity contribution in [1.82, 2.24) is 10.3 Å². The summed E-state index contributed by atoms with van der Waals surface area (Å²) in [6.45, 7) is 0. The standard InChI is InChI=1S/C8H9N3O4/c1-15-5-2-4(3-10-6(5)9)7(12)11-8(13)14/h2-3H,1H3,(H2,9,10)(H,11,12)(H,13,14). The fraction of sp³-hybridized carbons (Fsp3) is 0.125. The molecular weight excluding hydrogens is 202 g/mol. The Morgan fingerprint density at radius 3 is 2.80 bits per heavy atom. The number of nitrogen functional groups attached to an aromatic ring is 1. The van der Waals surface area contributed by atoms with Gasteiger partial charge in [-0.1, -0.05) is 0 Å². The van der Waals surface area contributed by atoms with Crippen LogP contribution in [0.15, 0.2) is 12.3 Å². The summed E-state index contributed by atoms with van der Waals surface area (Å²) in [4.78, 5) is 25.1. The number of nitrogens with two attached hydrogens (primary N) is 1. The van der Waals surface area contributed by atoms with Gasteiger partial charge >= 0.3 is 6.09 Å². The Morgan fingerprint density at radius 2 is 2.27 bits per heavy atom. The van der Waals surface area contributed by atoms with Gasteiger partial charge in [0.25, 0.3) is 5.91 Å². The number of hydrogen-bond acceptors (Lipinski definition) is 5. The van der Waals surface area contributed by atoms with Crippen LogP contribution in [0.5, 0.6) is 5.75 Å². The lowest BCUT2D eigenvalue weighted by Gasteiger charge is -2.05. The molecule has 1 aromatic heterocycles. The van der Waals surface area contributed by atoms with Crippen LogP contribution in [0, 0.1) is 0 Å². The normalized spacial score (nSPS) is 9.40. The molecule has 0 aliphatic rings. The summed E-state index contributed by atoms with van der Waals surface area (Å²) in [5, 5.41) is 9.99. The van der Waals surface area contributed by atoms with Gasteiger partial charge < -0.3 is 15.6 Å². The minimum absolute atomic E-state index is 0.0588. The third-order valence-corrected chi connectivity index (χ3v) is 1.58. The van der Waals surface area contributed by atoms with Crippen molar-refractivity contribution in [1.29, 1.82) is 0 Å². The van der Waals surface area contributed by atoms with Crippen LogP contribution in [-0.4, -0.2) is 29.2 Å². The number of pyridine rings is 1. The van der Waals surface area contributed by atoms with Gasteiger partial charge in [-0.05, 0) is 6.07 Å². The summed E-state index contributed by atoms with van der Waals surface area (Å²) in [6.07, 6.45) is -0.272. The zero-order chi connectivity index (χ0) is 11.4. The zero-order valence-corrected chi connectivity index (χ0v) is 7.85. The third-order valence-electron chi connectivity index (χ3n) is 1.58. The van der Waals surface area contributed by atoms with Crippen molar-refractivity contribution in [2.45, 2.75) is 0 Å². The smallest absolute Gasteiger partial charge is 0.411 e. The van der Waals surface area contributed by atoms with E-state index in [0.29, 0.717) is 0 Å². The number of nitrogens with zero attached hydrogens (tertiary/aromatic N) is 1. The SMILES string of the molecule is COc1cc(C(=O)NC(=O)O)cnc1N. The van der Waals surface area contributed by atoms with Gasteiger partial charge in [0.05, 0.1) is 12.7 Å². The van der Waals surface area contributed by atoms with E-state index in [1.54, 1.807) is 5.32 Å². The summed E-state index contributed by atoms with van der Waals surface area (Å²) in [7, 11) is 1.37. The number of carbonyl (C=O) groups excluding carboxylic acids is 1. The summed E-state index contributed by atoms with van der Waals surface area (Å²) in [5.41, 5.74) is 5.48. The lowest BCUT2D eigenvalue weighted by molar-refractivity contribution is 0.0947. The van der Waals surface area contributed by atoms with Crippen molar-refractivity contribution in [3.05, 3.63) is 17.8 Å². The Morgan fingerprint density at radius 1 is 1.60 bits per heavy atom. The van der Waals surface area contributed by atoms with Crippen LogP contribution in [-0.2, 0) is 0 Å². The molecule has 0 bridgehead atoms. The highest BCUT2D eigenvalue weighted by Crippen LogP contribution is 2.18. The second kappa shape index (κ2) is 4.27. The fourth-order valence-electron chi connectivity index (χ4n) is 0.912. The fourth-order valence-corrected chi connectivity index (χ4v) is 0.912. The van der Waals surface area contributed by atoms with Crippen molar-refractivity contribution >= 4 is 17.8 Å². The van der Waals surface area contributed by atoms with E-state index >= 15 is 0 Å². The van der Waals surface area contributed by atoms with Crippen molar-refractivity contribution in [2.24, 2.45) is 0 Å². The summed E-state index contributed by atoms with van der Waals surface area (Å²) in [6, 6.07) is 1.31. The first-order valence-electron chi connectivity index (χ1n) is 3.88. The molecule has 80 valence electrons. The molecule has 0 unspecified atom stereocenters. The predicted molar refractivity (Wildman–Crippen MR) is 50.7 cm³/mol. The Kier molecular flexibility index (Phi) is 3.06. The number of methoxy groups -OCH3 is 1. The zero-order valence-electron chi connectivity index (χ0n) is 7.85. The first kappa shape index (κ1) is 10.8. The van der Waals surface area contributed by atoms with Crippen molar-refractivity contribution in [2.75, 3.05) is 12.8 Å². The number of imide groups is 1. The second-order valence-corrected chi connectivity index (χ2v) is 2.57. The lowest BCUT2D eigenvalue weighted by atomic mass is 10.2. The molecule has 7 heteroatoms. The molecular formula is C8H9N3O4. The Labute approximate surface area is 84.9 Å². The second-order valence-electron chi connectivity index (χ2n) is 2.57. The molecule has 0 spiro atoms. The average Bonchev–Trinajstić information content (AvgIpc) is 2.17. The van der Waals surface area contributed by atoms with Crippen molar-refractivity contribution in [3.63, 3.8) is 0 Å². The molecule has 1 rings (SSSR count). The van der Waals surface area contributed by atoms with Crippen LogP contribution in [0.4, 0.5) is 10.6 Å². The summed E-state index contributed by atoms with van der Waals surface area (Å²) < 4.78 is 4.83. The van der Waals surface area contributed by atoms with Gasteiger partial charge in [-0.25, -0.2) is 9.78 Å². The minimum Gasteiger partial charge on any atom is -0.493 e. The van der Waals surface area contributed by atoms with Crippen molar-refractivity contribution in [3.8, 4) is 5.75 Å². The maximum absolute atomic E-state index is 11.2. The van der Waals surface area contributed by atoms with Gasteiger partial charge in [0.15, 0.2) is 11.6 Å². The Balaban J connectivity index is 2.95. The van der Waals surface area contributed by atoms with Gasteiger partial charge in [0.1, 0.15) is 0 Å². The topological polar surface area (TPSA) is 115 Å². The Hall–Kier alpha value is -2.31. The van der Waals surface area contributed by atoms with Gasteiger partial charge in [-0.2, -0.15) is 0 Å². The number of amides is 2. The van der Waals surface area contributed by atoms with Crippen LogP contribution in [0.2, 0.25) is 0 Å². The molecule has 15 heavy (non-hydrogen) atoms. The molecule has 0 aliphatic heterocycles. The predicted octanol–water partition coefficient (Wildman–Crippen LogP) is 0.0802. The van der Waals surface area contributed by atoms with Gasteiger partial charge in [0.2, 0.25) is 0 Å². The van der Waals surface area contributed by atoms with Crippen LogP contribution < -0.4 is 15.8 Å². The maximum Gasteiger partial charge on any atom is 0.411 e. The van der Waals surface area contributed by atoms with E-state index < -0.39 is 12.0 Å². The number of nitrogens with one attached hydrogen (secondary N) is 1. The number of hydrogen-bond donors (Lipinski definition) is 3. The van der Waals surface area contributed by atoms with Crippen LogP contribution in [0.1, 0.15) is 10.4 Å². The first-order chi connectivity index (χ1) is 7.04. The number of anilines is 1. The van der Waals surface area contributed by atoms with E-state index in [-0.39, 0.29) is 17.1 Å². The number of carboxylic acid groups (broad SMARTS) is 1. The van der Waals surface area contributed by atoms with Gasteiger partial charge in [0, 0.05) is 6.20 Å². The van der Waals surface area contributed by atoms with E-state index in [9.17, 15) is 9.59 Å². The van der Waals surface area contributed by atoms with Gasteiger partial charge in [-0.15, -0.1) is 0 Å². The Bertz CT molecular complexity index is 405. The molecule has 0 saturated carbocycles. The van der Waals surface area contributed by atoms with E-state index in [0.717, 1.165) is 6.20 Å². The number of aromatic nitrogens is 1. The van der Waals surface area contributed by atoms with E-state index in [1.807, 2.05) is 0 Å². The quantitative estimate of drug-likeness (QED) is 0.638. The monoisotopic (exact) mass is 211 g/mol. The summed E-state index contributed by atoms with van der Waals surface area (Å²) in [5.74, 6) is -0.439. The van der Waals surface area contributed by atoms with E-state index in [1.165, 1.54) is 13.2 Å². The number of ether oxygens (including phenoxy) is 1. The van der Waals surface area contributed by atoms with Gasteiger partial charge in [-0.3, -0.25) is 10.1 Å². The molecule has 0 saturated heterocycles. The number of carbonyl (C=O) groups is 2. The molecule has 1 heterocycles. The lowest BCUT2D eigenvalue weighted by Crippen LogP contribution is -2.28. The molecule has 0 atom stereocenters. The first-order valence-corrected chi connectivity index (χ1v) is 3.88. The molecule has 7 nitrogen and oxygen atoms in total. The molecule has 4 N–H and O–H groups in total. The van der Waals surface area contributed by atoms with E-state index in [2.05, 4.69) is 4.98 Å². The molecule has 0 fully saturated rings.